The summed E-state index contributed by atoms with van der Waals surface area (Å²) < 4.78 is 25.0. The van der Waals surface area contributed by atoms with E-state index in [1.165, 1.54) is 6.07 Å². The third kappa shape index (κ3) is 3.60. The number of nitrogens with zero attached hydrogens (tertiary/aromatic N) is 1. The van der Waals surface area contributed by atoms with E-state index in [1.807, 2.05) is 18.2 Å². The highest BCUT2D eigenvalue weighted by Crippen LogP contribution is 2.32. The molecule has 4 rings (SSSR count). The standard InChI is InChI=1S/C20H20FNO3/c21-17-4-2-1-3-15(17)13-22(16-6-7-16)20(23)12-14-5-8-18-19(11-14)25-10-9-24-18/h1-5,8,11,16H,6-7,9-10,12-13H2. The van der Waals surface area contributed by atoms with Crippen molar-refractivity contribution in [3.05, 3.63) is 59.4 Å². The molecular weight excluding hydrogens is 321 g/mol. The van der Waals surface area contributed by atoms with Crippen molar-refractivity contribution in [3.8, 4) is 11.5 Å². The molecule has 1 amide bonds. The Morgan fingerprint density at radius 2 is 1.84 bits per heavy atom. The minimum atomic E-state index is -0.264. The number of carbonyl (C=O) groups excluding carboxylic acids is 1. The van der Waals surface area contributed by atoms with Gasteiger partial charge in [-0.15, -0.1) is 0 Å². The van der Waals surface area contributed by atoms with Crippen molar-refractivity contribution in [1.82, 2.24) is 4.90 Å². The quantitative estimate of drug-likeness (QED) is 0.837. The molecule has 2 aromatic rings. The highest BCUT2D eigenvalue weighted by atomic mass is 19.1. The fraction of sp³-hybridized carbons (Fsp3) is 0.350. The Balaban J connectivity index is 1.49. The van der Waals surface area contributed by atoms with Crippen LogP contribution in [0.2, 0.25) is 0 Å². The van der Waals surface area contributed by atoms with Crippen LogP contribution in [0.15, 0.2) is 42.5 Å². The monoisotopic (exact) mass is 341 g/mol. The zero-order chi connectivity index (χ0) is 17.2. The summed E-state index contributed by atoms with van der Waals surface area (Å²) in [5, 5.41) is 0. The van der Waals surface area contributed by atoms with Crippen LogP contribution < -0.4 is 9.47 Å². The first kappa shape index (κ1) is 15.9. The van der Waals surface area contributed by atoms with Crippen molar-refractivity contribution in [2.45, 2.75) is 31.8 Å². The summed E-state index contributed by atoms with van der Waals surface area (Å²) in [5.41, 5.74) is 1.44. The lowest BCUT2D eigenvalue weighted by atomic mass is 10.1. The van der Waals surface area contributed by atoms with Crippen molar-refractivity contribution in [1.29, 1.82) is 0 Å². The van der Waals surface area contributed by atoms with Crippen LogP contribution in [-0.2, 0) is 17.8 Å². The lowest BCUT2D eigenvalue weighted by molar-refractivity contribution is -0.131. The number of fused-ring (bicyclic) bond motifs is 1. The van der Waals surface area contributed by atoms with E-state index in [1.54, 1.807) is 23.1 Å². The van der Waals surface area contributed by atoms with Gasteiger partial charge in [0.05, 0.1) is 6.42 Å². The van der Waals surface area contributed by atoms with E-state index in [-0.39, 0.29) is 24.2 Å². The molecule has 5 heteroatoms. The van der Waals surface area contributed by atoms with Gasteiger partial charge in [0.25, 0.3) is 0 Å². The van der Waals surface area contributed by atoms with Gasteiger partial charge >= 0.3 is 0 Å². The van der Waals surface area contributed by atoms with Gasteiger partial charge in [0.1, 0.15) is 19.0 Å². The van der Waals surface area contributed by atoms with Crippen LogP contribution in [-0.4, -0.2) is 30.1 Å². The smallest absolute Gasteiger partial charge is 0.227 e. The number of halogens is 1. The molecule has 25 heavy (non-hydrogen) atoms. The number of hydrogen-bond acceptors (Lipinski definition) is 3. The summed E-state index contributed by atoms with van der Waals surface area (Å²) in [7, 11) is 0. The van der Waals surface area contributed by atoms with Crippen molar-refractivity contribution in [3.63, 3.8) is 0 Å². The second-order valence-corrected chi connectivity index (χ2v) is 6.50. The van der Waals surface area contributed by atoms with Crippen molar-refractivity contribution < 1.29 is 18.7 Å². The first-order valence-electron chi connectivity index (χ1n) is 8.62. The second kappa shape index (κ2) is 6.75. The highest BCUT2D eigenvalue weighted by Gasteiger charge is 2.33. The minimum Gasteiger partial charge on any atom is -0.486 e. The number of carbonyl (C=O) groups is 1. The first-order valence-corrected chi connectivity index (χ1v) is 8.62. The van der Waals surface area contributed by atoms with Crippen LogP contribution in [0.3, 0.4) is 0 Å². The Labute approximate surface area is 146 Å². The van der Waals surface area contributed by atoms with Gasteiger partial charge in [-0.1, -0.05) is 24.3 Å². The largest absolute Gasteiger partial charge is 0.486 e. The SMILES string of the molecule is O=C(Cc1ccc2c(c1)OCCO2)N(Cc1ccccc1F)C1CC1. The van der Waals surface area contributed by atoms with Gasteiger partial charge < -0.3 is 14.4 Å². The molecule has 2 aromatic carbocycles. The molecule has 0 unspecified atom stereocenters. The Hall–Kier alpha value is -2.56. The zero-order valence-electron chi connectivity index (χ0n) is 13.9. The molecule has 0 aromatic heterocycles. The normalized spacial score (nSPS) is 15.7. The summed E-state index contributed by atoms with van der Waals surface area (Å²) in [5.74, 6) is 1.15. The predicted octanol–water partition coefficient (Wildman–Crippen LogP) is 3.33. The molecule has 0 N–H and O–H groups in total. The van der Waals surface area contributed by atoms with Gasteiger partial charge in [-0.05, 0) is 36.6 Å². The summed E-state index contributed by atoms with van der Waals surface area (Å²) in [4.78, 5) is 14.6. The maximum absolute atomic E-state index is 13.9. The Kier molecular flexibility index (Phi) is 4.30. The number of ether oxygens (including phenoxy) is 2. The number of hydrogen-bond donors (Lipinski definition) is 0. The van der Waals surface area contributed by atoms with E-state index in [9.17, 15) is 9.18 Å². The molecule has 0 atom stereocenters. The molecule has 2 aliphatic rings. The third-order valence-corrected chi connectivity index (χ3v) is 4.57. The van der Waals surface area contributed by atoms with Crippen LogP contribution in [0.25, 0.3) is 0 Å². The fourth-order valence-corrected chi connectivity index (χ4v) is 3.09. The average Bonchev–Trinajstić information content (AvgIpc) is 3.46. The predicted molar refractivity (Wildman–Crippen MR) is 91.1 cm³/mol. The maximum atomic E-state index is 13.9. The van der Waals surface area contributed by atoms with Crippen LogP contribution in [0.4, 0.5) is 4.39 Å². The number of rotatable bonds is 5. The van der Waals surface area contributed by atoms with Crippen LogP contribution in [0.1, 0.15) is 24.0 Å². The van der Waals surface area contributed by atoms with Crippen LogP contribution in [0.5, 0.6) is 11.5 Å². The number of benzene rings is 2. The lowest BCUT2D eigenvalue weighted by Crippen LogP contribution is -2.34. The summed E-state index contributed by atoms with van der Waals surface area (Å²) >= 11 is 0. The Bertz CT molecular complexity index is 788. The molecule has 1 aliphatic heterocycles. The first-order chi connectivity index (χ1) is 12.2. The molecule has 1 saturated carbocycles. The summed E-state index contributed by atoms with van der Waals surface area (Å²) in [6.45, 7) is 1.38. The molecule has 1 fully saturated rings. The Morgan fingerprint density at radius 3 is 2.60 bits per heavy atom. The van der Waals surface area contributed by atoms with Gasteiger partial charge in [0, 0.05) is 18.2 Å². The Morgan fingerprint density at radius 1 is 1.08 bits per heavy atom. The van der Waals surface area contributed by atoms with E-state index in [0.29, 0.717) is 36.8 Å². The molecule has 0 radical (unpaired) electrons. The molecule has 0 saturated heterocycles. The molecule has 1 aliphatic carbocycles. The van der Waals surface area contributed by atoms with E-state index in [2.05, 4.69) is 0 Å². The molecule has 4 nitrogen and oxygen atoms in total. The third-order valence-electron chi connectivity index (χ3n) is 4.57. The molecule has 0 spiro atoms. The van der Waals surface area contributed by atoms with Gasteiger partial charge in [0.15, 0.2) is 11.5 Å². The molecule has 1 heterocycles. The van der Waals surface area contributed by atoms with E-state index in [4.69, 9.17) is 9.47 Å². The number of amides is 1. The van der Waals surface area contributed by atoms with E-state index in [0.717, 1.165) is 18.4 Å². The average molecular weight is 341 g/mol. The van der Waals surface area contributed by atoms with Crippen molar-refractivity contribution in [2.24, 2.45) is 0 Å². The molecular formula is C20H20FNO3. The maximum Gasteiger partial charge on any atom is 0.227 e. The highest BCUT2D eigenvalue weighted by molar-refractivity contribution is 5.79. The van der Waals surface area contributed by atoms with E-state index < -0.39 is 0 Å². The zero-order valence-corrected chi connectivity index (χ0v) is 13.9. The fourth-order valence-electron chi connectivity index (χ4n) is 3.09. The van der Waals surface area contributed by atoms with Gasteiger partial charge in [-0.2, -0.15) is 0 Å². The minimum absolute atomic E-state index is 0.0161. The van der Waals surface area contributed by atoms with Crippen molar-refractivity contribution >= 4 is 5.91 Å². The molecule has 0 bridgehead atoms. The van der Waals surface area contributed by atoms with Crippen LogP contribution in [0, 0.1) is 5.82 Å². The van der Waals surface area contributed by atoms with Crippen LogP contribution >= 0.6 is 0 Å². The molecule has 130 valence electrons. The topological polar surface area (TPSA) is 38.8 Å². The second-order valence-electron chi connectivity index (χ2n) is 6.50. The lowest BCUT2D eigenvalue weighted by Gasteiger charge is -2.23. The van der Waals surface area contributed by atoms with Crippen molar-refractivity contribution in [2.75, 3.05) is 13.2 Å². The van der Waals surface area contributed by atoms with Gasteiger partial charge in [-0.25, -0.2) is 4.39 Å². The summed E-state index contributed by atoms with van der Waals surface area (Å²) in [6.07, 6.45) is 2.25. The van der Waals surface area contributed by atoms with E-state index >= 15 is 0 Å². The summed E-state index contributed by atoms with van der Waals surface area (Å²) in [6, 6.07) is 12.5. The van der Waals surface area contributed by atoms with Gasteiger partial charge in [0.2, 0.25) is 5.91 Å². The van der Waals surface area contributed by atoms with Gasteiger partial charge in [-0.3, -0.25) is 4.79 Å².